The third-order valence-corrected chi connectivity index (χ3v) is 6.47. The smallest absolute Gasteiger partial charge is 0.170 e. The Kier molecular flexibility index (Phi) is 5.95. The minimum absolute atomic E-state index is 0.0379. The van der Waals surface area contributed by atoms with E-state index in [1.807, 2.05) is 35.9 Å². The highest BCUT2D eigenvalue weighted by Crippen LogP contribution is 2.29. The molecule has 0 saturated carbocycles. The highest BCUT2D eigenvalue weighted by Gasteiger charge is 2.29. The normalized spacial score (nSPS) is 21.2. The van der Waals surface area contributed by atoms with Crippen LogP contribution in [0.4, 0.5) is 0 Å². The van der Waals surface area contributed by atoms with Crippen molar-refractivity contribution in [3.05, 3.63) is 59.3 Å². The molecule has 0 radical (unpaired) electrons. The van der Waals surface area contributed by atoms with E-state index in [0.717, 1.165) is 67.3 Å². The molecule has 33 heavy (non-hydrogen) atoms. The maximum absolute atomic E-state index is 13.1. The lowest BCUT2D eigenvalue weighted by molar-refractivity contribution is -0.115. The van der Waals surface area contributed by atoms with Gasteiger partial charge in [0, 0.05) is 44.5 Å². The first kappa shape index (κ1) is 21.7. The van der Waals surface area contributed by atoms with E-state index in [4.69, 9.17) is 15.2 Å². The van der Waals surface area contributed by atoms with Gasteiger partial charge in [-0.05, 0) is 37.6 Å². The Bertz CT molecular complexity index is 1200. The number of ketones is 1. The average Bonchev–Trinajstić information content (AvgIpc) is 3.24. The summed E-state index contributed by atoms with van der Waals surface area (Å²) in [5.74, 6) is -0.309. The lowest BCUT2D eigenvalue weighted by atomic mass is 9.89. The van der Waals surface area contributed by atoms with Crippen molar-refractivity contribution in [3.63, 3.8) is 0 Å². The molecular formula is C25H30N6O2. The Balaban J connectivity index is 1.37. The van der Waals surface area contributed by atoms with Crippen LogP contribution in [0.2, 0.25) is 0 Å². The van der Waals surface area contributed by atoms with Crippen molar-refractivity contribution in [2.24, 2.45) is 10.9 Å². The fraction of sp³-hybridized carbons (Fsp3) is 0.440. The number of fused-ring (bicyclic) bond motifs is 2. The highest BCUT2D eigenvalue weighted by molar-refractivity contribution is 6.21. The Morgan fingerprint density at radius 1 is 1.18 bits per heavy atom. The van der Waals surface area contributed by atoms with E-state index in [1.54, 1.807) is 6.08 Å². The van der Waals surface area contributed by atoms with Gasteiger partial charge < -0.3 is 10.0 Å². The van der Waals surface area contributed by atoms with Gasteiger partial charge in [0.15, 0.2) is 5.78 Å². The van der Waals surface area contributed by atoms with E-state index in [0.29, 0.717) is 17.9 Å². The van der Waals surface area contributed by atoms with E-state index in [-0.39, 0.29) is 18.3 Å². The van der Waals surface area contributed by atoms with E-state index in [1.165, 1.54) is 0 Å². The topological polar surface area (TPSA) is 86.3 Å². The van der Waals surface area contributed by atoms with Gasteiger partial charge >= 0.3 is 0 Å². The van der Waals surface area contributed by atoms with Gasteiger partial charge in [0.25, 0.3) is 0 Å². The molecular weight excluding hydrogens is 416 g/mol. The van der Waals surface area contributed by atoms with Crippen molar-refractivity contribution in [1.82, 2.24) is 24.4 Å². The summed E-state index contributed by atoms with van der Waals surface area (Å²) in [7, 11) is 0. The first-order valence-electron chi connectivity index (χ1n) is 11.7. The molecule has 1 aliphatic carbocycles. The molecule has 1 N–H and O–H groups in total. The van der Waals surface area contributed by atoms with Crippen molar-refractivity contribution >= 4 is 22.7 Å². The number of carbonyl (C=O) groups is 1. The molecule has 4 heterocycles. The summed E-state index contributed by atoms with van der Waals surface area (Å²) in [6.07, 6.45) is 11.5. The molecule has 1 saturated heterocycles. The van der Waals surface area contributed by atoms with Gasteiger partial charge in [0.2, 0.25) is 0 Å². The Hall–Kier alpha value is -3.10. The molecule has 8 heteroatoms. The molecule has 3 aliphatic rings. The predicted octanol–water partition coefficient (Wildman–Crippen LogP) is 2.03. The largest absolute Gasteiger partial charge is 0.395 e. The molecule has 8 nitrogen and oxygen atoms in total. The molecule has 2 aliphatic heterocycles. The van der Waals surface area contributed by atoms with Gasteiger partial charge in [-0.1, -0.05) is 13.3 Å². The molecule has 172 valence electrons. The van der Waals surface area contributed by atoms with Crippen LogP contribution in [-0.2, 0) is 11.2 Å². The number of β-amino-alcohol motifs (C(OH)–C–C–N with tert-alkyl or cyclic N) is 1. The Morgan fingerprint density at radius 3 is 2.76 bits per heavy atom. The van der Waals surface area contributed by atoms with Crippen molar-refractivity contribution in [2.45, 2.75) is 26.7 Å². The van der Waals surface area contributed by atoms with Gasteiger partial charge in [-0.15, -0.1) is 0 Å². The lowest BCUT2D eigenvalue weighted by Crippen LogP contribution is -2.46. The molecule has 2 aromatic heterocycles. The quantitative estimate of drug-likeness (QED) is 0.731. The molecule has 2 aromatic rings. The molecule has 1 atom stereocenters. The highest BCUT2D eigenvalue weighted by atomic mass is 16.3. The van der Waals surface area contributed by atoms with Crippen LogP contribution in [-0.4, -0.2) is 80.3 Å². The number of rotatable bonds is 6. The summed E-state index contributed by atoms with van der Waals surface area (Å²) < 4.78 is 1.85. The number of hydrogen-bond acceptors (Lipinski definition) is 7. The minimum atomic E-state index is -0.346. The molecule has 5 rings (SSSR count). The first-order valence-corrected chi connectivity index (χ1v) is 11.7. The zero-order chi connectivity index (χ0) is 22.9. The summed E-state index contributed by atoms with van der Waals surface area (Å²) in [6.45, 7) is 8.62. The number of hydrogen-bond donors (Lipinski definition) is 1. The van der Waals surface area contributed by atoms with Gasteiger partial charge in [-0.2, -0.15) is 5.10 Å². The first-order chi connectivity index (χ1) is 16.1. The van der Waals surface area contributed by atoms with Gasteiger partial charge in [-0.3, -0.25) is 14.7 Å². The second-order valence-electron chi connectivity index (χ2n) is 8.86. The van der Waals surface area contributed by atoms with Crippen molar-refractivity contribution < 1.29 is 9.90 Å². The number of aliphatic imine (C=N–C) groups is 1. The van der Waals surface area contributed by atoms with E-state index in [9.17, 15) is 4.79 Å². The number of carbonyl (C=O) groups excluding carboxylic acids is 1. The molecule has 0 bridgehead atoms. The zero-order valence-corrected chi connectivity index (χ0v) is 19.2. The van der Waals surface area contributed by atoms with Crippen LogP contribution in [0.15, 0.2) is 47.3 Å². The van der Waals surface area contributed by atoms with Crippen molar-refractivity contribution in [1.29, 1.82) is 0 Å². The standard InChI is InChI=1S/C25H30N6O2/c1-3-4-21-24-14-23(28-31(24)16-17(2)26-21)22-15-25(33)19-13-18(5-6-20(19)27-22)30-9-7-29(8-10-30)11-12-32/h5-6,13-16,19,32H,3-4,7-12H2,1-2H3. The zero-order valence-electron chi connectivity index (χ0n) is 19.2. The SMILES string of the molecule is CCCc1nc(C)cn2nc(C3=CC(=O)C4C=C(N5CCN(CCO)CC5)C=CC4=N3)cc12. The number of piperazine rings is 1. The van der Waals surface area contributed by atoms with E-state index >= 15 is 0 Å². The Labute approximate surface area is 193 Å². The van der Waals surface area contributed by atoms with Crippen LogP contribution in [0.25, 0.3) is 11.2 Å². The average molecular weight is 447 g/mol. The molecule has 0 aromatic carbocycles. The molecule has 1 unspecified atom stereocenters. The Morgan fingerprint density at radius 2 is 2.00 bits per heavy atom. The van der Waals surface area contributed by atoms with Crippen molar-refractivity contribution in [3.8, 4) is 0 Å². The predicted molar refractivity (Wildman–Crippen MR) is 128 cm³/mol. The molecule has 0 amide bonds. The maximum Gasteiger partial charge on any atom is 0.170 e. The van der Waals surface area contributed by atoms with Crippen LogP contribution in [0.5, 0.6) is 0 Å². The van der Waals surface area contributed by atoms with Crippen LogP contribution in [0.3, 0.4) is 0 Å². The number of aliphatic hydroxyl groups is 1. The van der Waals surface area contributed by atoms with Crippen molar-refractivity contribution in [2.75, 3.05) is 39.3 Å². The van der Waals surface area contributed by atoms with Gasteiger partial charge in [0.1, 0.15) is 5.69 Å². The maximum atomic E-state index is 13.1. The summed E-state index contributed by atoms with van der Waals surface area (Å²) in [5, 5.41) is 13.8. The summed E-state index contributed by atoms with van der Waals surface area (Å²) in [6, 6.07) is 1.99. The third-order valence-electron chi connectivity index (χ3n) is 6.47. The fourth-order valence-corrected chi connectivity index (χ4v) is 4.76. The summed E-state index contributed by atoms with van der Waals surface area (Å²) in [4.78, 5) is 27.1. The fourth-order valence-electron chi connectivity index (χ4n) is 4.76. The second kappa shape index (κ2) is 9.03. The van der Waals surface area contributed by atoms with Crippen LogP contribution in [0, 0.1) is 12.8 Å². The summed E-state index contributed by atoms with van der Waals surface area (Å²) >= 11 is 0. The van der Waals surface area contributed by atoms with E-state index in [2.05, 4.69) is 27.8 Å². The third kappa shape index (κ3) is 4.28. The second-order valence-corrected chi connectivity index (χ2v) is 8.86. The van der Waals surface area contributed by atoms with Crippen LogP contribution in [0.1, 0.15) is 30.4 Å². The molecule has 1 fully saturated rings. The summed E-state index contributed by atoms with van der Waals surface area (Å²) in [5.41, 5.74) is 6.05. The number of aromatic nitrogens is 3. The number of aliphatic hydroxyl groups excluding tert-OH is 1. The van der Waals surface area contributed by atoms with Gasteiger partial charge in [-0.25, -0.2) is 9.51 Å². The minimum Gasteiger partial charge on any atom is -0.395 e. The lowest BCUT2D eigenvalue weighted by Gasteiger charge is -2.37. The number of allylic oxidation sites excluding steroid dienone is 4. The van der Waals surface area contributed by atoms with E-state index < -0.39 is 0 Å². The monoisotopic (exact) mass is 446 g/mol. The van der Waals surface area contributed by atoms with Crippen LogP contribution >= 0.6 is 0 Å². The molecule has 0 spiro atoms. The van der Waals surface area contributed by atoms with Crippen LogP contribution < -0.4 is 0 Å². The number of nitrogens with zero attached hydrogens (tertiary/aromatic N) is 6. The van der Waals surface area contributed by atoms with Gasteiger partial charge in [0.05, 0.1) is 47.0 Å². The number of aryl methyl sites for hydroxylation is 2.